The van der Waals surface area contributed by atoms with Gasteiger partial charge in [-0.15, -0.1) is 11.3 Å². The van der Waals surface area contributed by atoms with Crippen LogP contribution in [0.2, 0.25) is 0 Å². The molecule has 1 aromatic carbocycles. The van der Waals surface area contributed by atoms with Crippen LogP contribution in [0.1, 0.15) is 18.4 Å². The molecule has 0 spiro atoms. The average Bonchev–Trinajstić information content (AvgIpc) is 3.29. The molecular formula is C20H24N4O3S. The third-order valence-corrected chi connectivity index (χ3v) is 6.70. The Labute approximate surface area is 168 Å². The summed E-state index contributed by atoms with van der Waals surface area (Å²) in [7, 11) is 0. The number of carbonyl (C=O) groups is 2. The van der Waals surface area contributed by atoms with Gasteiger partial charge in [-0.3, -0.25) is 4.79 Å². The largest absolute Gasteiger partial charge is 0.481 e. The number of piperazine rings is 1. The van der Waals surface area contributed by atoms with Gasteiger partial charge in [-0.05, 0) is 18.4 Å². The molecule has 1 aromatic heterocycles. The fourth-order valence-electron chi connectivity index (χ4n) is 4.12. The molecule has 2 fully saturated rings. The molecule has 1 N–H and O–H groups in total. The quantitative estimate of drug-likeness (QED) is 0.857. The number of rotatable bonds is 3. The van der Waals surface area contributed by atoms with Crippen LogP contribution in [0.5, 0.6) is 0 Å². The second-order valence-electron chi connectivity index (χ2n) is 7.31. The van der Waals surface area contributed by atoms with Crippen molar-refractivity contribution in [1.29, 1.82) is 0 Å². The summed E-state index contributed by atoms with van der Waals surface area (Å²) in [6.45, 7) is 3.81. The van der Waals surface area contributed by atoms with Crippen molar-refractivity contribution in [3.05, 3.63) is 47.5 Å². The maximum Gasteiger partial charge on any atom is 0.320 e. The number of thiazole rings is 1. The summed E-state index contributed by atoms with van der Waals surface area (Å²) in [6.07, 6.45) is 2.68. The lowest BCUT2D eigenvalue weighted by molar-refractivity contribution is -0.145. The number of carbonyl (C=O) groups excluding carboxylic acids is 1. The minimum Gasteiger partial charge on any atom is -0.481 e. The molecule has 2 aliphatic rings. The molecule has 2 saturated heterocycles. The number of benzene rings is 1. The van der Waals surface area contributed by atoms with Crippen LogP contribution < -0.4 is 4.90 Å². The van der Waals surface area contributed by atoms with E-state index >= 15 is 0 Å². The summed E-state index contributed by atoms with van der Waals surface area (Å²) in [5.41, 5.74) is -0.0756. The van der Waals surface area contributed by atoms with Gasteiger partial charge >= 0.3 is 12.0 Å². The lowest BCUT2D eigenvalue weighted by atomic mass is 9.73. The van der Waals surface area contributed by atoms with Crippen LogP contribution in [-0.4, -0.2) is 71.2 Å². The molecule has 2 amide bonds. The number of likely N-dealkylation sites (tertiary alicyclic amines) is 1. The van der Waals surface area contributed by atoms with Gasteiger partial charge < -0.3 is 19.8 Å². The van der Waals surface area contributed by atoms with Gasteiger partial charge in [0.05, 0.1) is 5.41 Å². The number of hydrogen-bond acceptors (Lipinski definition) is 5. The van der Waals surface area contributed by atoms with Crippen LogP contribution >= 0.6 is 11.3 Å². The Balaban J connectivity index is 1.37. The number of anilines is 1. The first-order valence-electron chi connectivity index (χ1n) is 9.57. The molecule has 0 radical (unpaired) electrons. The highest BCUT2D eigenvalue weighted by Gasteiger charge is 2.44. The van der Waals surface area contributed by atoms with E-state index in [1.165, 1.54) is 0 Å². The monoisotopic (exact) mass is 400 g/mol. The summed E-state index contributed by atoms with van der Waals surface area (Å²) in [4.78, 5) is 35.2. The van der Waals surface area contributed by atoms with E-state index in [9.17, 15) is 14.7 Å². The molecule has 0 aliphatic carbocycles. The smallest absolute Gasteiger partial charge is 0.320 e. The first-order chi connectivity index (χ1) is 13.6. The Hall–Kier alpha value is -2.61. The minimum absolute atomic E-state index is 0.0193. The first kappa shape index (κ1) is 18.7. The van der Waals surface area contributed by atoms with Crippen molar-refractivity contribution in [2.24, 2.45) is 0 Å². The zero-order valence-corrected chi connectivity index (χ0v) is 16.5. The van der Waals surface area contributed by atoms with Gasteiger partial charge in [-0.1, -0.05) is 30.3 Å². The maximum atomic E-state index is 12.9. The predicted octanol–water partition coefficient (Wildman–Crippen LogP) is 2.50. The van der Waals surface area contributed by atoms with Crippen molar-refractivity contribution in [2.45, 2.75) is 18.3 Å². The standard InChI is InChI=1S/C20H24N4O3S/c25-17(26)20(16-4-2-1-3-5-16)6-9-23(10-7-20)19(27)24-13-11-22(12-14-24)18-21-8-15-28-18/h1-5,8,15H,6-7,9-14H2,(H,25,26). The molecule has 4 rings (SSSR count). The van der Waals surface area contributed by atoms with E-state index in [2.05, 4.69) is 9.88 Å². The predicted molar refractivity (Wildman–Crippen MR) is 108 cm³/mol. The van der Waals surface area contributed by atoms with Gasteiger partial charge in [0.15, 0.2) is 5.13 Å². The SMILES string of the molecule is O=C(N1CCN(c2nccs2)CC1)N1CCC(C(=O)O)(c2ccccc2)CC1. The number of carboxylic acids is 1. The summed E-state index contributed by atoms with van der Waals surface area (Å²) in [5, 5.41) is 12.9. The lowest BCUT2D eigenvalue weighted by Gasteiger charge is -2.42. The van der Waals surface area contributed by atoms with Crippen molar-refractivity contribution < 1.29 is 14.7 Å². The fraction of sp³-hybridized carbons (Fsp3) is 0.450. The van der Waals surface area contributed by atoms with Gasteiger partial charge in [0.25, 0.3) is 0 Å². The minimum atomic E-state index is -0.901. The molecule has 2 aromatic rings. The highest BCUT2D eigenvalue weighted by Crippen LogP contribution is 2.36. The maximum absolute atomic E-state index is 12.9. The van der Waals surface area contributed by atoms with E-state index in [1.54, 1.807) is 17.5 Å². The normalized spacial score (nSPS) is 19.5. The highest BCUT2D eigenvalue weighted by molar-refractivity contribution is 7.13. The molecule has 8 heteroatoms. The summed E-state index contributed by atoms with van der Waals surface area (Å²) in [5.74, 6) is -0.803. The van der Waals surface area contributed by atoms with Gasteiger partial charge in [0, 0.05) is 50.8 Å². The lowest BCUT2D eigenvalue weighted by Crippen LogP contribution is -2.56. The van der Waals surface area contributed by atoms with Crippen LogP contribution in [-0.2, 0) is 10.2 Å². The molecule has 28 heavy (non-hydrogen) atoms. The number of aliphatic carboxylic acids is 1. The van der Waals surface area contributed by atoms with E-state index in [0.29, 0.717) is 39.0 Å². The number of urea groups is 1. The zero-order valence-electron chi connectivity index (χ0n) is 15.7. The zero-order chi connectivity index (χ0) is 19.6. The Morgan fingerprint density at radius 1 is 0.964 bits per heavy atom. The second kappa shape index (κ2) is 7.79. The van der Waals surface area contributed by atoms with Gasteiger partial charge in [0.1, 0.15) is 0 Å². The van der Waals surface area contributed by atoms with E-state index in [1.807, 2.05) is 45.5 Å². The van der Waals surface area contributed by atoms with Crippen LogP contribution in [0.4, 0.5) is 9.93 Å². The third-order valence-electron chi connectivity index (χ3n) is 5.86. The van der Waals surface area contributed by atoms with Gasteiger partial charge in [-0.25, -0.2) is 9.78 Å². The second-order valence-corrected chi connectivity index (χ2v) is 8.18. The number of hydrogen-bond donors (Lipinski definition) is 1. The topological polar surface area (TPSA) is 77.0 Å². The van der Waals surface area contributed by atoms with Crippen molar-refractivity contribution in [3.8, 4) is 0 Å². The number of amides is 2. The number of nitrogens with zero attached hydrogens (tertiary/aromatic N) is 4. The summed E-state index contributed by atoms with van der Waals surface area (Å²) < 4.78 is 0. The average molecular weight is 401 g/mol. The molecule has 0 atom stereocenters. The molecule has 0 saturated carbocycles. The molecule has 2 aliphatic heterocycles. The Morgan fingerprint density at radius 3 is 2.18 bits per heavy atom. The van der Waals surface area contributed by atoms with Crippen molar-refractivity contribution in [1.82, 2.24) is 14.8 Å². The molecule has 148 valence electrons. The van der Waals surface area contributed by atoms with Gasteiger partial charge in [0.2, 0.25) is 0 Å². The van der Waals surface area contributed by atoms with Crippen LogP contribution in [0.3, 0.4) is 0 Å². The molecule has 0 unspecified atom stereocenters. The van der Waals surface area contributed by atoms with E-state index in [-0.39, 0.29) is 6.03 Å². The summed E-state index contributed by atoms with van der Waals surface area (Å²) >= 11 is 1.61. The van der Waals surface area contributed by atoms with E-state index in [0.717, 1.165) is 23.8 Å². The van der Waals surface area contributed by atoms with Crippen molar-refractivity contribution in [2.75, 3.05) is 44.2 Å². The first-order valence-corrected chi connectivity index (χ1v) is 10.5. The van der Waals surface area contributed by atoms with Crippen LogP contribution in [0.15, 0.2) is 41.9 Å². The van der Waals surface area contributed by atoms with Gasteiger partial charge in [-0.2, -0.15) is 0 Å². The van der Waals surface area contributed by atoms with Crippen molar-refractivity contribution >= 4 is 28.5 Å². The Bertz CT molecular complexity index is 811. The van der Waals surface area contributed by atoms with Crippen LogP contribution in [0, 0.1) is 0 Å². The van der Waals surface area contributed by atoms with E-state index < -0.39 is 11.4 Å². The molecular weight excluding hydrogens is 376 g/mol. The van der Waals surface area contributed by atoms with Crippen LogP contribution in [0.25, 0.3) is 0 Å². The number of piperidine rings is 1. The summed E-state index contributed by atoms with van der Waals surface area (Å²) in [6, 6.07) is 9.42. The molecule has 7 nitrogen and oxygen atoms in total. The molecule has 0 bridgehead atoms. The number of aromatic nitrogens is 1. The fourth-order valence-corrected chi connectivity index (χ4v) is 4.82. The highest BCUT2D eigenvalue weighted by atomic mass is 32.1. The Kier molecular flexibility index (Phi) is 5.21. The van der Waals surface area contributed by atoms with E-state index in [4.69, 9.17) is 0 Å². The Morgan fingerprint density at radius 2 is 1.61 bits per heavy atom. The molecule has 3 heterocycles. The number of carboxylic acid groups (broad SMARTS) is 1. The van der Waals surface area contributed by atoms with Crippen molar-refractivity contribution in [3.63, 3.8) is 0 Å². The third kappa shape index (κ3) is 3.44.